The van der Waals surface area contributed by atoms with Crippen molar-refractivity contribution in [3.63, 3.8) is 0 Å². The summed E-state index contributed by atoms with van der Waals surface area (Å²) < 4.78 is 6.89. The van der Waals surface area contributed by atoms with E-state index in [1.807, 2.05) is 25.1 Å². The molecule has 126 valence electrons. The molecule has 0 fully saturated rings. The summed E-state index contributed by atoms with van der Waals surface area (Å²) in [6, 6.07) is 5.94. The molecule has 2 heterocycles. The predicted octanol–water partition coefficient (Wildman–Crippen LogP) is 1.64. The molecule has 0 unspecified atom stereocenters. The van der Waals surface area contributed by atoms with E-state index >= 15 is 0 Å². The van der Waals surface area contributed by atoms with Crippen LogP contribution in [0.3, 0.4) is 0 Å². The first-order valence-corrected chi connectivity index (χ1v) is 8.73. The Morgan fingerprint density at radius 2 is 2.29 bits per heavy atom. The van der Waals surface area contributed by atoms with Crippen molar-refractivity contribution in [2.24, 2.45) is 0 Å². The van der Waals surface area contributed by atoms with Crippen molar-refractivity contribution >= 4 is 17.7 Å². The summed E-state index contributed by atoms with van der Waals surface area (Å²) in [6.07, 6.45) is 2.00. The van der Waals surface area contributed by atoms with E-state index in [9.17, 15) is 9.59 Å². The molecule has 0 saturated heterocycles. The first kappa shape index (κ1) is 16.6. The van der Waals surface area contributed by atoms with Crippen LogP contribution < -0.4 is 15.6 Å². The van der Waals surface area contributed by atoms with Crippen LogP contribution in [0.15, 0.2) is 34.3 Å². The van der Waals surface area contributed by atoms with Gasteiger partial charge in [-0.2, -0.15) is 0 Å². The molecule has 0 aliphatic carbocycles. The topological polar surface area (TPSA) is 73.2 Å². The standard InChI is InChI=1S/C17H19N3O3S/c1-11-3-4-14(23-2)12(9-11)5-6-18-15(21)13-10-19-17-20(16(13)22)7-8-24-17/h3-4,9-10H,5-8H2,1-2H3,(H,18,21). The average Bonchev–Trinajstić information content (AvgIpc) is 3.05. The Morgan fingerprint density at radius 3 is 3.08 bits per heavy atom. The number of hydrogen-bond donors (Lipinski definition) is 1. The van der Waals surface area contributed by atoms with Crippen molar-refractivity contribution in [3.8, 4) is 5.75 Å². The lowest BCUT2D eigenvalue weighted by atomic mass is 10.1. The zero-order chi connectivity index (χ0) is 17.1. The number of fused-ring (bicyclic) bond motifs is 1. The van der Waals surface area contributed by atoms with Crippen LogP contribution in [0.4, 0.5) is 0 Å². The summed E-state index contributed by atoms with van der Waals surface area (Å²) >= 11 is 1.53. The number of hydrogen-bond acceptors (Lipinski definition) is 5. The molecule has 1 aliphatic heterocycles. The first-order valence-electron chi connectivity index (χ1n) is 7.74. The van der Waals surface area contributed by atoms with Gasteiger partial charge in [0.25, 0.3) is 11.5 Å². The summed E-state index contributed by atoms with van der Waals surface area (Å²) in [5, 5.41) is 3.48. The quantitative estimate of drug-likeness (QED) is 0.834. The number of aromatic nitrogens is 2. The molecule has 1 aromatic carbocycles. The lowest BCUT2D eigenvalue weighted by Gasteiger charge is -2.10. The van der Waals surface area contributed by atoms with Crippen LogP contribution in [0.25, 0.3) is 0 Å². The second kappa shape index (κ2) is 7.09. The molecule has 1 N–H and O–H groups in total. The van der Waals surface area contributed by atoms with Gasteiger partial charge in [0.2, 0.25) is 0 Å². The fourth-order valence-corrected chi connectivity index (χ4v) is 3.60. The third-order valence-electron chi connectivity index (χ3n) is 3.92. The highest BCUT2D eigenvalue weighted by Gasteiger charge is 2.19. The van der Waals surface area contributed by atoms with Gasteiger partial charge in [-0.05, 0) is 25.0 Å². The number of nitrogens with one attached hydrogen (secondary N) is 1. The summed E-state index contributed by atoms with van der Waals surface area (Å²) in [4.78, 5) is 28.8. The number of nitrogens with zero attached hydrogens (tertiary/aromatic N) is 2. The molecule has 7 heteroatoms. The van der Waals surface area contributed by atoms with E-state index in [2.05, 4.69) is 10.3 Å². The van der Waals surface area contributed by atoms with E-state index in [4.69, 9.17) is 4.74 Å². The van der Waals surface area contributed by atoms with Crippen molar-refractivity contribution < 1.29 is 9.53 Å². The molecule has 2 aromatic rings. The molecule has 0 spiro atoms. The molecule has 0 radical (unpaired) electrons. The lowest BCUT2D eigenvalue weighted by molar-refractivity contribution is 0.0951. The summed E-state index contributed by atoms with van der Waals surface area (Å²) in [7, 11) is 1.63. The normalized spacial score (nSPS) is 12.8. The Morgan fingerprint density at radius 1 is 1.46 bits per heavy atom. The van der Waals surface area contributed by atoms with Gasteiger partial charge in [0.05, 0.1) is 7.11 Å². The van der Waals surface area contributed by atoms with Crippen LogP contribution in [0, 0.1) is 6.92 Å². The van der Waals surface area contributed by atoms with Gasteiger partial charge in [-0.15, -0.1) is 0 Å². The van der Waals surface area contributed by atoms with Gasteiger partial charge in [0.1, 0.15) is 11.3 Å². The predicted molar refractivity (Wildman–Crippen MR) is 93.0 cm³/mol. The Balaban J connectivity index is 1.67. The molecular weight excluding hydrogens is 326 g/mol. The average molecular weight is 345 g/mol. The number of rotatable bonds is 5. The highest BCUT2D eigenvalue weighted by molar-refractivity contribution is 7.99. The minimum absolute atomic E-state index is 0.0949. The van der Waals surface area contributed by atoms with Gasteiger partial charge < -0.3 is 10.1 Å². The van der Waals surface area contributed by atoms with E-state index in [0.29, 0.717) is 24.7 Å². The van der Waals surface area contributed by atoms with Gasteiger partial charge in [0.15, 0.2) is 5.16 Å². The Kier molecular flexibility index (Phi) is 4.89. The van der Waals surface area contributed by atoms with E-state index in [-0.39, 0.29) is 17.0 Å². The van der Waals surface area contributed by atoms with Gasteiger partial charge >= 0.3 is 0 Å². The number of methoxy groups -OCH3 is 1. The Hall–Kier alpha value is -2.28. The van der Waals surface area contributed by atoms with E-state index in [1.165, 1.54) is 18.0 Å². The molecule has 0 saturated carbocycles. The number of aryl methyl sites for hydroxylation is 1. The van der Waals surface area contributed by atoms with Crippen LogP contribution in [0.1, 0.15) is 21.5 Å². The number of carbonyl (C=O) groups is 1. The summed E-state index contributed by atoms with van der Waals surface area (Å²) in [5.74, 6) is 1.23. The van der Waals surface area contributed by atoms with E-state index < -0.39 is 0 Å². The highest BCUT2D eigenvalue weighted by atomic mass is 32.2. The molecule has 0 atom stereocenters. The van der Waals surface area contributed by atoms with Crippen molar-refractivity contribution in [2.75, 3.05) is 19.4 Å². The molecule has 6 nitrogen and oxygen atoms in total. The number of carbonyl (C=O) groups excluding carboxylic acids is 1. The third-order valence-corrected chi connectivity index (χ3v) is 4.89. The van der Waals surface area contributed by atoms with E-state index in [1.54, 1.807) is 11.7 Å². The number of amides is 1. The van der Waals surface area contributed by atoms with E-state index in [0.717, 1.165) is 22.6 Å². The van der Waals surface area contributed by atoms with Crippen LogP contribution in [-0.4, -0.2) is 34.9 Å². The van der Waals surface area contributed by atoms with Crippen molar-refractivity contribution in [3.05, 3.63) is 51.4 Å². The number of ether oxygens (including phenoxy) is 1. The number of benzene rings is 1. The van der Waals surface area contributed by atoms with Gasteiger partial charge in [-0.25, -0.2) is 4.98 Å². The highest BCUT2D eigenvalue weighted by Crippen LogP contribution is 2.21. The minimum Gasteiger partial charge on any atom is -0.496 e. The van der Waals surface area contributed by atoms with Crippen molar-refractivity contribution in [1.82, 2.24) is 14.9 Å². The molecule has 1 aromatic heterocycles. The van der Waals surface area contributed by atoms with Crippen LogP contribution in [0.5, 0.6) is 5.75 Å². The molecule has 0 bridgehead atoms. The van der Waals surface area contributed by atoms with Crippen LogP contribution >= 0.6 is 11.8 Å². The summed E-state index contributed by atoms with van der Waals surface area (Å²) in [6.45, 7) is 3.04. The Labute approximate surface area is 144 Å². The summed E-state index contributed by atoms with van der Waals surface area (Å²) in [5.41, 5.74) is 1.99. The molecular formula is C17H19N3O3S. The molecule has 3 rings (SSSR count). The maximum absolute atomic E-state index is 12.3. The molecule has 1 amide bonds. The first-order chi connectivity index (χ1) is 11.6. The monoisotopic (exact) mass is 345 g/mol. The Bertz CT molecular complexity index is 832. The molecule has 24 heavy (non-hydrogen) atoms. The van der Waals surface area contributed by atoms with Gasteiger partial charge in [-0.3, -0.25) is 14.2 Å². The second-order valence-electron chi connectivity index (χ2n) is 5.58. The van der Waals surface area contributed by atoms with Crippen LogP contribution in [0.2, 0.25) is 0 Å². The van der Waals surface area contributed by atoms with Gasteiger partial charge in [0, 0.05) is 25.0 Å². The second-order valence-corrected chi connectivity index (χ2v) is 6.64. The lowest BCUT2D eigenvalue weighted by Crippen LogP contribution is -2.34. The zero-order valence-corrected chi connectivity index (χ0v) is 14.5. The molecule has 1 aliphatic rings. The fourth-order valence-electron chi connectivity index (χ4n) is 2.68. The van der Waals surface area contributed by atoms with Crippen LogP contribution in [-0.2, 0) is 13.0 Å². The maximum atomic E-state index is 12.3. The van der Waals surface area contributed by atoms with Gasteiger partial charge in [-0.1, -0.05) is 29.5 Å². The third kappa shape index (κ3) is 3.31. The smallest absolute Gasteiger partial charge is 0.267 e. The zero-order valence-electron chi connectivity index (χ0n) is 13.7. The van der Waals surface area contributed by atoms with Crippen molar-refractivity contribution in [1.29, 1.82) is 0 Å². The maximum Gasteiger partial charge on any atom is 0.267 e. The SMILES string of the molecule is COc1ccc(C)cc1CCNC(=O)c1cnc2n(c1=O)CCS2. The van der Waals surface area contributed by atoms with Crippen molar-refractivity contribution in [2.45, 2.75) is 25.0 Å². The number of thioether (sulfide) groups is 1. The fraction of sp³-hybridized carbons (Fsp3) is 0.353. The minimum atomic E-state index is -0.383. The largest absolute Gasteiger partial charge is 0.496 e.